The first-order valence-electron chi connectivity index (χ1n) is 16.2. The van der Waals surface area contributed by atoms with Crippen LogP contribution in [-0.2, 0) is 0 Å². The maximum atomic E-state index is 15.0. The topological polar surface area (TPSA) is 18.5 Å². The predicted molar refractivity (Wildman–Crippen MR) is 160 cm³/mol. The minimum absolute atomic E-state index is 0.159. The van der Waals surface area contributed by atoms with E-state index in [2.05, 4.69) is 19.1 Å². The van der Waals surface area contributed by atoms with Crippen LogP contribution in [0.1, 0.15) is 90.9 Å². The van der Waals surface area contributed by atoms with Crippen molar-refractivity contribution in [3.8, 4) is 22.6 Å². The van der Waals surface area contributed by atoms with Crippen LogP contribution in [0.25, 0.3) is 11.1 Å². The normalized spacial score (nSPS) is 28.0. The number of ether oxygens (including phenoxy) is 2. The summed E-state index contributed by atoms with van der Waals surface area (Å²) in [5, 5.41) is 0. The molecule has 0 N–H and O–H groups in total. The average molecular weight is 587 g/mol. The summed E-state index contributed by atoms with van der Waals surface area (Å²) in [6, 6.07) is 4.97. The van der Waals surface area contributed by atoms with E-state index < -0.39 is 23.3 Å². The molecule has 2 aromatic carbocycles. The Morgan fingerprint density at radius 3 is 1.79 bits per heavy atom. The molecule has 2 aromatic rings. The molecule has 6 heteroatoms. The van der Waals surface area contributed by atoms with Gasteiger partial charge in [-0.3, -0.25) is 0 Å². The summed E-state index contributed by atoms with van der Waals surface area (Å²) in [7, 11) is 0. The Hall–Kier alpha value is -2.50. The first-order chi connectivity index (χ1) is 20.4. The van der Waals surface area contributed by atoms with E-state index in [1.54, 1.807) is 6.92 Å². The molecule has 0 heterocycles. The lowest BCUT2D eigenvalue weighted by atomic mass is 9.60. The highest BCUT2D eigenvalue weighted by Gasteiger charge is 2.38. The lowest BCUT2D eigenvalue weighted by Gasteiger charge is -2.45. The molecular weight excluding hydrogens is 540 g/mol. The van der Waals surface area contributed by atoms with E-state index in [9.17, 15) is 17.6 Å². The molecule has 0 amide bonds. The molecule has 0 bridgehead atoms. The van der Waals surface area contributed by atoms with E-state index in [1.165, 1.54) is 88.5 Å². The maximum Gasteiger partial charge on any atom is 0.201 e. The third kappa shape index (κ3) is 7.00. The summed E-state index contributed by atoms with van der Waals surface area (Å²) in [5.41, 5.74) is -0.708. The summed E-state index contributed by atoms with van der Waals surface area (Å²) >= 11 is 0. The minimum Gasteiger partial charge on any atom is -0.491 e. The minimum atomic E-state index is -1.27. The van der Waals surface area contributed by atoms with Crippen LogP contribution >= 0.6 is 0 Å². The van der Waals surface area contributed by atoms with Crippen LogP contribution in [0, 0.1) is 58.8 Å². The Labute approximate surface area is 248 Å². The van der Waals surface area contributed by atoms with Gasteiger partial charge in [-0.2, -0.15) is 8.78 Å². The lowest BCUT2D eigenvalue weighted by molar-refractivity contribution is 0.0547. The summed E-state index contributed by atoms with van der Waals surface area (Å²) in [6.45, 7) is 4.25. The van der Waals surface area contributed by atoms with Crippen LogP contribution in [0.2, 0.25) is 0 Å². The molecule has 3 fully saturated rings. The van der Waals surface area contributed by atoms with E-state index >= 15 is 0 Å². The van der Waals surface area contributed by atoms with Gasteiger partial charge in [-0.25, -0.2) is 8.78 Å². The molecule has 5 rings (SSSR count). The largest absolute Gasteiger partial charge is 0.491 e. The summed E-state index contributed by atoms with van der Waals surface area (Å²) < 4.78 is 69.6. The number of benzene rings is 2. The molecule has 0 saturated heterocycles. The summed E-state index contributed by atoms with van der Waals surface area (Å²) in [5.74, 6) is -0.697. The fraction of sp³-hybridized carbons (Fsp3) is 0.611. The molecule has 3 saturated carbocycles. The molecule has 0 radical (unpaired) electrons. The average Bonchev–Trinajstić information content (AvgIpc) is 3.01. The lowest BCUT2D eigenvalue weighted by Crippen LogP contribution is -2.35. The van der Waals surface area contributed by atoms with Gasteiger partial charge in [-0.1, -0.05) is 18.6 Å². The highest BCUT2D eigenvalue weighted by atomic mass is 19.2. The van der Waals surface area contributed by atoms with E-state index in [0.717, 1.165) is 42.4 Å². The zero-order valence-electron chi connectivity index (χ0n) is 25.2. The van der Waals surface area contributed by atoms with Crippen molar-refractivity contribution in [3.63, 3.8) is 0 Å². The molecule has 3 aliphatic rings. The van der Waals surface area contributed by atoms with Gasteiger partial charge >= 0.3 is 0 Å². The standard InChI is InChI=1S/C36H46F4O2/c1-3-5-6-7-23-8-13-28-21-27(15-14-26(28)20-23)25-11-9-24(10-12-25)22-42-32-19-17-30(34(38)36(32)40)29-16-18-31(41-4-2)35(39)33(29)37/h3,5,16-19,23-28H,4,6-15,20-22H2,1-2H3. The Kier molecular flexibility index (Phi) is 10.5. The van der Waals surface area contributed by atoms with Gasteiger partial charge in [0.1, 0.15) is 0 Å². The van der Waals surface area contributed by atoms with Crippen molar-refractivity contribution in [2.24, 2.45) is 35.5 Å². The summed E-state index contributed by atoms with van der Waals surface area (Å²) in [4.78, 5) is 0. The molecule has 4 atom stereocenters. The second-order valence-corrected chi connectivity index (χ2v) is 12.9. The van der Waals surface area contributed by atoms with Crippen molar-refractivity contribution in [3.05, 3.63) is 59.7 Å². The zero-order valence-corrected chi connectivity index (χ0v) is 25.2. The zero-order chi connectivity index (χ0) is 29.6. The van der Waals surface area contributed by atoms with Crippen LogP contribution in [0.4, 0.5) is 17.6 Å². The molecular formula is C36H46F4O2. The first kappa shape index (κ1) is 30.9. The molecule has 4 unspecified atom stereocenters. The van der Waals surface area contributed by atoms with Gasteiger partial charge in [0.25, 0.3) is 0 Å². The third-order valence-electron chi connectivity index (χ3n) is 10.5. The van der Waals surface area contributed by atoms with Crippen molar-refractivity contribution in [1.82, 2.24) is 0 Å². The first-order valence-corrected chi connectivity index (χ1v) is 16.2. The van der Waals surface area contributed by atoms with Gasteiger partial charge in [0.05, 0.1) is 13.2 Å². The molecule has 3 aliphatic carbocycles. The molecule has 2 nitrogen and oxygen atoms in total. The van der Waals surface area contributed by atoms with E-state index in [-0.39, 0.29) is 29.2 Å². The Bertz CT molecular complexity index is 1220. The van der Waals surface area contributed by atoms with Crippen molar-refractivity contribution in [2.45, 2.75) is 90.9 Å². The van der Waals surface area contributed by atoms with Crippen molar-refractivity contribution in [1.29, 1.82) is 0 Å². The molecule has 0 aliphatic heterocycles. The Morgan fingerprint density at radius 1 is 0.643 bits per heavy atom. The van der Waals surface area contributed by atoms with Crippen LogP contribution in [0.15, 0.2) is 36.4 Å². The smallest absolute Gasteiger partial charge is 0.201 e. The van der Waals surface area contributed by atoms with Crippen LogP contribution < -0.4 is 9.47 Å². The summed E-state index contributed by atoms with van der Waals surface area (Å²) in [6.07, 6.45) is 19.9. The second-order valence-electron chi connectivity index (χ2n) is 12.9. The number of hydrogen-bond acceptors (Lipinski definition) is 2. The van der Waals surface area contributed by atoms with Crippen LogP contribution in [-0.4, -0.2) is 13.2 Å². The van der Waals surface area contributed by atoms with Crippen molar-refractivity contribution < 1.29 is 27.0 Å². The fourth-order valence-electron chi connectivity index (χ4n) is 8.10. The number of halogens is 4. The van der Waals surface area contributed by atoms with E-state index in [4.69, 9.17) is 9.47 Å². The van der Waals surface area contributed by atoms with Gasteiger partial charge in [0, 0.05) is 11.1 Å². The SMILES string of the molecule is CC=CCCC1CCC2CC(C3CCC(COc4ccc(-c5ccc(OCC)c(F)c5F)c(F)c4F)CC3)CCC2C1. The van der Waals surface area contributed by atoms with Crippen molar-refractivity contribution in [2.75, 3.05) is 13.2 Å². The number of fused-ring (bicyclic) bond motifs is 1. The van der Waals surface area contributed by atoms with Gasteiger partial charge in [-0.15, -0.1) is 0 Å². The molecule has 230 valence electrons. The fourth-order valence-corrected chi connectivity index (χ4v) is 8.10. The molecule has 0 aromatic heterocycles. The van der Waals surface area contributed by atoms with Crippen molar-refractivity contribution >= 4 is 0 Å². The van der Waals surface area contributed by atoms with Gasteiger partial charge in [-0.05, 0) is 144 Å². The second kappa shape index (κ2) is 14.3. The van der Waals surface area contributed by atoms with Gasteiger partial charge < -0.3 is 9.47 Å². The highest BCUT2D eigenvalue weighted by molar-refractivity contribution is 5.67. The van der Waals surface area contributed by atoms with Gasteiger partial charge in [0.2, 0.25) is 11.6 Å². The highest BCUT2D eigenvalue weighted by Crippen LogP contribution is 2.49. The maximum absolute atomic E-state index is 15.0. The third-order valence-corrected chi connectivity index (χ3v) is 10.5. The number of allylic oxidation sites excluding steroid dienone is 2. The predicted octanol–water partition coefficient (Wildman–Crippen LogP) is 10.7. The quantitative estimate of drug-likeness (QED) is 0.204. The van der Waals surface area contributed by atoms with Crippen LogP contribution in [0.3, 0.4) is 0 Å². The van der Waals surface area contributed by atoms with Crippen LogP contribution in [0.5, 0.6) is 11.5 Å². The van der Waals surface area contributed by atoms with E-state index in [0.29, 0.717) is 12.5 Å². The number of rotatable bonds is 10. The van der Waals surface area contributed by atoms with E-state index in [1.807, 2.05) is 0 Å². The number of hydrogen-bond donors (Lipinski definition) is 0. The molecule has 0 spiro atoms. The molecule has 42 heavy (non-hydrogen) atoms. The van der Waals surface area contributed by atoms with Gasteiger partial charge in [0.15, 0.2) is 23.1 Å². The monoisotopic (exact) mass is 586 g/mol. The Morgan fingerprint density at radius 2 is 1.17 bits per heavy atom. The Balaban J connectivity index is 1.10.